The number of carbonyl (C=O) groups is 1. The molecule has 0 N–H and O–H groups in total. The molecule has 1 aromatic rings. The number of rotatable bonds is 2. The number of aryl methyl sites for hydroxylation is 1. The van der Waals surface area contributed by atoms with Crippen LogP contribution in [0.2, 0.25) is 5.02 Å². The van der Waals surface area contributed by atoms with E-state index in [2.05, 4.69) is 0 Å². The Morgan fingerprint density at radius 3 is 2.60 bits per heavy atom. The largest absolute Gasteiger partial charge is 0.294 e. The van der Waals surface area contributed by atoms with Gasteiger partial charge in [-0.2, -0.15) is 0 Å². The summed E-state index contributed by atoms with van der Waals surface area (Å²) in [6, 6.07) is 5.68. The molecule has 0 spiro atoms. The molecule has 0 aliphatic heterocycles. The van der Waals surface area contributed by atoms with Crippen molar-refractivity contribution in [3.8, 4) is 0 Å². The van der Waals surface area contributed by atoms with Gasteiger partial charge in [-0.15, -0.1) is 0 Å². The zero-order valence-corrected chi connectivity index (χ0v) is 9.68. The zero-order valence-electron chi connectivity index (χ0n) is 8.92. The van der Waals surface area contributed by atoms with Crippen LogP contribution in [0.5, 0.6) is 0 Å². The molecular weight excluding hydrogens is 208 g/mol. The number of hydrogen-bond acceptors (Lipinski definition) is 1. The molecule has 1 aliphatic carbocycles. The van der Waals surface area contributed by atoms with Crippen LogP contribution in [-0.4, -0.2) is 5.78 Å². The van der Waals surface area contributed by atoms with Gasteiger partial charge in [0.2, 0.25) is 0 Å². The van der Waals surface area contributed by atoms with Crippen molar-refractivity contribution in [3.63, 3.8) is 0 Å². The van der Waals surface area contributed by atoms with E-state index >= 15 is 0 Å². The Hall–Kier alpha value is -0.820. The lowest BCUT2D eigenvalue weighted by Gasteiger charge is -2.09. The van der Waals surface area contributed by atoms with Crippen molar-refractivity contribution < 1.29 is 4.79 Å². The second kappa shape index (κ2) is 4.36. The molecule has 0 unspecified atom stereocenters. The van der Waals surface area contributed by atoms with Gasteiger partial charge in [-0.3, -0.25) is 4.79 Å². The molecule has 15 heavy (non-hydrogen) atoms. The molecule has 0 atom stereocenters. The van der Waals surface area contributed by atoms with E-state index in [-0.39, 0.29) is 11.7 Å². The maximum atomic E-state index is 12.1. The summed E-state index contributed by atoms with van der Waals surface area (Å²) in [5, 5.41) is 0.604. The van der Waals surface area contributed by atoms with Gasteiger partial charge in [0.25, 0.3) is 0 Å². The standard InChI is InChI=1S/C13H15ClO/c1-9-6-7-11(12(14)8-9)13(15)10-4-2-3-5-10/h6-8,10H,2-5H2,1H3. The highest BCUT2D eigenvalue weighted by molar-refractivity contribution is 6.34. The highest BCUT2D eigenvalue weighted by Gasteiger charge is 2.24. The van der Waals surface area contributed by atoms with Gasteiger partial charge in [0, 0.05) is 11.5 Å². The molecule has 0 heterocycles. The monoisotopic (exact) mass is 222 g/mol. The minimum absolute atomic E-state index is 0.213. The van der Waals surface area contributed by atoms with Crippen LogP contribution in [0.15, 0.2) is 18.2 Å². The molecular formula is C13H15ClO. The van der Waals surface area contributed by atoms with Crippen LogP contribution in [0.1, 0.15) is 41.6 Å². The zero-order chi connectivity index (χ0) is 10.8. The predicted octanol–water partition coefficient (Wildman–Crippen LogP) is 4.02. The predicted molar refractivity (Wildman–Crippen MR) is 62.5 cm³/mol. The summed E-state index contributed by atoms with van der Waals surface area (Å²) in [6.45, 7) is 1.98. The first-order chi connectivity index (χ1) is 7.18. The molecule has 2 heteroatoms. The van der Waals surface area contributed by atoms with Crippen molar-refractivity contribution in [1.29, 1.82) is 0 Å². The Morgan fingerprint density at radius 1 is 1.33 bits per heavy atom. The lowest BCUT2D eigenvalue weighted by atomic mass is 9.96. The first-order valence-electron chi connectivity index (χ1n) is 5.49. The first-order valence-corrected chi connectivity index (χ1v) is 5.86. The van der Waals surface area contributed by atoms with Crippen LogP contribution in [0, 0.1) is 12.8 Å². The lowest BCUT2D eigenvalue weighted by molar-refractivity contribution is 0.0923. The average Bonchev–Trinajstić information content (AvgIpc) is 2.69. The van der Waals surface area contributed by atoms with Crippen LogP contribution in [-0.2, 0) is 0 Å². The molecule has 0 aromatic heterocycles. The number of benzene rings is 1. The van der Waals surface area contributed by atoms with Gasteiger partial charge >= 0.3 is 0 Å². The second-order valence-electron chi connectivity index (χ2n) is 4.33. The maximum Gasteiger partial charge on any atom is 0.167 e. The molecule has 2 rings (SSSR count). The molecule has 1 nitrogen and oxygen atoms in total. The van der Waals surface area contributed by atoms with Crippen molar-refractivity contribution >= 4 is 17.4 Å². The van der Waals surface area contributed by atoms with Gasteiger partial charge in [-0.1, -0.05) is 30.5 Å². The Kier molecular flexibility index (Phi) is 3.11. The molecule has 1 saturated carbocycles. The van der Waals surface area contributed by atoms with E-state index in [1.807, 2.05) is 25.1 Å². The molecule has 1 fully saturated rings. The Balaban J connectivity index is 2.24. The van der Waals surface area contributed by atoms with E-state index in [0.29, 0.717) is 10.6 Å². The molecule has 0 saturated heterocycles. The summed E-state index contributed by atoms with van der Waals surface area (Å²) in [5.74, 6) is 0.447. The van der Waals surface area contributed by atoms with Gasteiger partial charge in [0.05, 0.1) is 5.02 Å². The molecule has 80 valence electrons. The summed E-state index contributed by atoms with van der Waals surface area (Å²) in [7, 11) is 0. The van der Waals surface area contributed by atoms with Crippen molar-refractivity contribution in [3.05, 3.63) is 34.3 Å². The van der Waals surface area contributed by atoms with Crippen LogP contribution >= 0.6 is 11.6 Å². The number of Topliss-reactive ketones (excluding diaryl/α,β-unsaturated/α-hetero) is 1. The summed E-state index contributed by atoms with van der Waals surface area (Å²) in [6.07, 6.45) is 4.42. The molecule has 0 radical (unpaired) electrons. The smallest absolute Gasteiger partial charge is 0.167 e. The first kappa shape index (κ1) is 10.7. The van der Waals surface area contributed by atoms with E-state index in [1.54, 1.807) is 0 Å². The van der Waals surface area contributed by atoms with Crippen LogP contribution in [0.25, 0.3) is 0 Å². The summed E-state index contributed by atoms with van der Waals surface area (Å²) < 4.78 is 0. The van der Waals surface area contributed by atoms with Crippen molar-refractivity contribution in [1.82, 2.24) is 0 Å². The van der Waals surface area contributed by atoms with Crippen molar-refractivity contribution in [2.24, 2.45) is 5.92 Å². The topological polar surface area (TPSA) is 17.1 Å². The van der Waals surface area contributed by atoms with Gasteiger partial charge in [0.1, 0.15) is 0 Å². The third-order valence-electron chi connectivity index (χ3n) is 3.12. The second-order valence-corrected chi connectivity index (χ2v) is 4.74. The molecule has 1 aromatic carbocycles. The Labute approximate surface area is 95.4 Å². The average molecular weight is 223 g/mol. The molecule has 0 bridgehead atoms. The number of carbonyl (C=O) groups excluding carboxylic acids is 1. The highest BCUT2D eigenvalue weighted by atomic mass is 35.5. The maximum absolute atomic E-state index is 12.1. The minimum atomic E-state index is 0.213. The fraction of sp³-hybridized carbons (Fsp3) is 0.462. The van der Waals surface area contributed by atoms with E-state index in [0.717, 1.165) is 18.4 Å². The Morgan fingerprint density at radius 2 is 2.00 bits per heavy atom. The normalized spacial score (nSPS) is 16.9. The van der Waals surface area contributed by atoms with Gasteiger partial charge in [-0.25, -0.2) is 0 Å². The third-order valence-corrected chi connectivity index (χ3v) is 3.43. The van der Waals surface area contributed by atoms with Crippen LogP contribution in [0.4, 0.5) is 0 Å². The molecule has 0 amide bonds. The van der Waals surface area contributed by atoms with Crippen LogP contribution in [0.3, 0.4) is 0 Å². The third kappa shape index (κ3) is 2.23. The van der Waals surface area contributed by atoms with Gasteiger partial charge < -0.3 is 0 Å². The number of halogens is 1. The van der Waals surface area contributed by atoms with Gasteiger partial charge in [-0.05, 0) is 37.5 Å². The van der Waals surface area contributed by atoms with Gasteiger partial charge in [0.15, 0.2) is 5.78 Å². The lowest BCUT2D eigenvalue weighted by Crippen LogP contribution is -2.11. The Bertz CT molecular complexity index is 378. The number of ketones is 1. The minimum Gasteiger partial charge on any atom is -0.294 e. The summed E-state index contributed by atoms with van der Waals surface area (Å²) in [4.78, 5) is 12.1. The SMILES string of the molecule is Cc1ccc(C(=O)C2CCCC2)c(Cl)c1. The van der Waals surface area contributed by atoms with E-state index in [4.69, 9.17) is 11.6 Å². The van der Waals surface area contributed by atoms with Crippen molar-refractivity contribution in [2.75, 3.05) is 0 Å². The molecule has 1 aliphatic rings. The van der Waals surface area contributed by atoms with Crippen LogP contribution < -0.4 is 0 Å². The fourth-order valence-corrected chi connectivity index (χ4v) is 2.56. The van der Waals surface area contributed by atoms with E-state index in [1.165, 1.54) is 12.8 Å². The quantitative estimate of drug-likeness (QED) is 0.691. The van der Waals surface area contributed by atoms with E-state index in [9.17, 15) is 4.79 Å². The summed E-state index contributed by atoms with van der Waals surface area (Å²) >= 11 is 6.08. The van der Waals surface area contributed by atoms with E-state index < -0.39 is 0 Å². The number of hydrogen-bond donors (Lipinski definition) is 0. The fourth-order valence-electron chi connectivity index (χ4n) is 2.23. The highest BCUT2D eigenvalue weighted by Crippen LogP contribution is 2.30. The van der Waals surface area contributed by atoms with Crippen molar-refractivity contribution in [2.45, 2.75) is 32.6 Å². The summed E-state index contributed by atoms with van der Waals surface area (Å²) in [5.41, 5.74) is 1.80.